The summed E-state index contributed by atoms with van der Waals surface area (Å²) in [6, 6.07) is 6.25. The van der Waals surface area contributed by atoms with Gasteiger partial charge in [0, 0.05) is 25.2 Å². The number of hydrogen-bond acceptors (Lipinski definition) is 5. The van der Waals surface area contributed by atoms with Gasteiger partial charge in [0.1, 0.15) is 10.7 Å². The van der Waals surface area contributed by atoms with E-state index < -0.39 is 0 Å². The molecule has 0 radical (unpaired) electrons. The Morgan fingerprint density at radius 3 is 2.76 bits per heavy atom. The van der Waals surface area contributed by atoms with Crippen LogP contribution in [0.3, 0.4) is 0 Å². The predicted octanol–water partition coefficient (Wildman–Crippen LogP) is 3.17. The first-order chi connectivity index (χ1) is 9.97. The minimum absolute atomic E-state index is 0.129. The highest BCUT2D eigenvalue weighted by Crippen LogP contribution is 2.31. The molecule has 0 N–H and O–H groups in total. The van der Waals surface area contributed by atoms with Gasteiger partial charge in [0.2, 0.25) is 0 Å². The average Bonchev–Trinajstić information content (AvgIpc) is 2.45. The highest BCUT2D eigenvalue weighted by molar-refractivity contribution is 9.10. The molecule has 0 saturated carbocycles. The summed E-state index contributed by atoms with van der Waals surface area (Å²) in [6.07, 6.45) is 1.56. The molecule has 5 nitrogen and oxygen atoms in total. The third-order valence-corrected chi connectivity index (χ3v) is 3.65. The molecular formula is C15H14BrN5. The number of nitriles is 2. The molecule has 2 heterocycles. The maximum atomic E-state index is 9.35. The quantitative estimate of drug-likeness (QED) is 0.800. The first-order valence-corrected chi connectivity index (χ1v) is 7.24. The molecule has 0 saturated heterocycles. The van der Waals surface area contributed by atoms with Crippen LogP contribution in [0.4, 0.5) is 5.69 Å². The average molecular weight is 344 g/mol. The number of anilines is 1. The standard InChI is InChI=1S/C15H14BrN5/c1-9(5-17)8-21(3)15-11(6-18)7-19-14-10(2)20-13(16)4-12(14)15/h4,7,9H,8H2,1-3H3. The van der Waals surface area contributed by atoms with Crippen LogP contribution in [-0.4, -0.2) is 23.6 Å². The summed E-state index contributed by atoms with van der Waals surface area (Å²) >= 11 is 3.38. The summed E-state index contributed by atoms with van der Waals surface area (Å²) in [5.41, 5.74) is 2.85. The normalized spacial score (nSPS) is 11.7. The number of aryl methyl sites for hydroxylation is 1. The van der Waals surface area contributed by atoms with Gasteiger partial charge in [-0.2, -0.15) is 10.5 Å². The van der Waals surface area contributed by atoms with Crippen LogP contribution >= 0.6 is 15.9 Å². The van der Waals surface area contributed by atoms with Crippen molar-refractivity contribution in [3.05, 3.63) is 28.1 Å². The lowest BCUT2D eigenvalue weighted by Crippen LogP contribution is -2.24. The molecule has 0 fully saturated rings. The Hall–Kier alpha value is -2.18. The highest BCUT2D eigenvalue weighted by Gasteiger charge is 2.17. The molecule has 2 aromatic heterocycles. The van der Waals surface area contributed by atoms with Crippen molar-refractivity contribution in [1.29, 1.82) is 10.5 Å². The van der Waals surface area contributed by atoms with Crippen LogP contribution in [-0.2, 0) is 0 Å². The zero-order valence-electron chi connectivity index (χ0n) is 12.1. The Kier molecular flexibility index (Phi) is 4.40. The zero-order valence-corrected chi connectivity index (χ0v) is 13.6. The van der Waals surface area contributed by atoms with E-state index in [1.54, 1.807) is 6.20 Å². The number of hydrogen-bond donors (Lipinski definition) is 0. The van der Waals surface area contributed by atoms with Crippen molar-refractivity contribution in [2.24, 2.45) is 5.92 Å². The lowest BCUT2D eigenvalue weighted by molar-refractivity contribution is 0.717. The lowest BCUT2D eigenvalue weighted by Gasteiger charge is -2.23. The minimum atomic E-state index is -0.129. The number of aromatic nitrogens is 2. The van der Waals surface area contributed by atoms with Crippen molar-refractivity contribution in [2.45, 2.75) is 13.8 Å². The second kappa shape index (κ2) is 6.07. The Labute approximate surface area is 132 Å². The van der Waals surface area contributed by atoms with Gasteiger partial charge in [-0.15, -0.1) is 0 Å². The smallest absolute Gasteiger partial charge is 0.107 e. The third kappa shape index (κ3) is 2.96. The molecular weight excluding hydrogens is 330 g/mol. The molecule has 106 valence electrons. The van der Waals surface area contributed by atoms with Crippen molar-refractivity contribution in [3.8, 4) is 12.1 Å². The second-order valence-electron chi connectivity index (χ2n) is 4.97. The largest absolute Gasteiger partial charge is 0.372 e. The van der Waals surface area contributed by atoms with Gasteiger partial charge in [0.25, 0.3) is 0 Å². The number of nitrogens with zero attached hydrogens (tertiary/aromatic N) is 5. The molecule has 1 unspecified atom stereocenters. The molecule has 2 aromatic rings. The number of pyridine rings is 2. The zero-order chi connectivity index (χ0) is 15.6. The summed E-state index contributed by atoms with van der Waals surface area (Å²) in [4.78, 5) is 10.6. The first-order valence-electron chi connectivity index (χ1n) is 6.44. The topological polar surface area (TPSA) is 76.6 Å². The van der Waals surface area contributed by atoms with Crippen LogP contribution in [0.2, 0.25) is 0 Å². The summed E-state index contributed by atoms with van der Waals surface area (Å²) in [5, 5.41) is 19.2. The molecule has 0 aromatic carbocycles. The van der Waals surface area contributed by atoms with Crippen LogP contribution < -0.4 is 4.90 Å². The van der Waals surface area contributed by atoms with E-state index in [-0.39, 0.29) is 5.92 Å². The fourth-order valence-electron chi connectivity index (χ4n) is 2.34. The molecule has 1 atom stereocenters. The second-order valence-corrected chi connectivity index (χ2v) is 5.78. The Morgan fingerprint density at radius 2 is 2.14 bits per heavy atom. The van der Waals surface area contributed by atoms with Crippen LogP contribution in [0.25, 0.3) is 10.9 Å². The van der Waals surface area contributed by atoms with Gasteiger partial charge in [0.05, 0.1) is 34.4 Å². The van der Waals surface area contributed by atoms with E-state index in [0.717, 1.165) is 22.3 Å². The van der Waals surface area contributed by atoms with E-state index in [0.29, 0.717) is 16.7 Å². The van der Waals surface area contributed by atoms with Crippen LogP contribution in [0.1, 0.15) is 18.2 Å². The molecule has 0 spiro atoms. The van der Waals surface area contributed by atoms with Crippen molar-refractivity contribution in [3.63, 3.8) is 0 Å². The summed E-state index contributed by atoms with van der Waals surface area (Å²) in [6.45, 7) is 4.28. The SMILES string of the molecule is Cc1nc(Br)cc2c(N(C)CC(C)C#N)c(C#N)cnc12. The molecule has 6 heteroatoms. The van der Waals surface area contributed by atoms with E-state index in [1.807, 2.05) is 31.9 Å². The monoisotopic (exact) mass is 343 g/mol. The van der Waals surface area contributed by atoms with Gasteiger partial charge in [0.15, 0.2) is 0 Å². The Balaban J connectivity index is 2.70. The van der Waals surface area contributed by atoms with Gasteiger partial charge < -0.3 is 4.90 Å². The van der Waals surface area contributed by atoms with Gasteiger partial charge in [-0.3, -0.25) is 4.98 Å². The van der Waals surface area contributed by atoms with Crippen LogP contribution in [0.5, 0.6) is 0 Å². The third-order valence-electron chi connectivity index (χ3n) is 3.24. The predicted molar refractivity (Wildman–Crippen MR) is 84.7 cm³/mol. The van der Waals surface area contributed by atoms with Crippen molar-refractivity contribution < 1.29 is 0 Å². The summed E-state index contributed by atoms with van der Waals surface area (Å²) < 4.78 is 0.701. The van der Waals surface area contributed by atoms with E-state index in [2.05, 4.69) is 38.0 Å². The van der Waals surface area contributed by atoms with Crippen LogP contribution in [0, 0.1) is 35.5 Å². The maximum absolute atomic E-state index is 9.35. The van der Waals surface area contributed by atoms with E-state index in [4.69, 9.17) is 5.26 Å². The summed E-state index contributed by atoms with van der Waals surface area (Å²) in [5.74, 6) is -0.129. The van der Waals surface area contributed by atoms with Gasteiger partial charge in [-0.25, -0.2) is 4.98 Å². The maximum Gasteiger partial charge on any atom is 0.107 e. The van der Waals surface area contributed by atoms with Gasteiger partial charge >= 0.3 is 0 Å². The van der Waals surface area contributed by atoms with Crippen molar-refractivity contribution in [1.82, 2.24) is 9.97 Å². The Bertz CT molecular complexity index is 772. The Morgan fingerprint density at radius 1 is 1.43 bits per heavy atom. The fraction of sp³-hybridized carbons (Fsp3) is 0.333. The first kappa shape index (κ1) is 15.2. The number of halogens is 1. The van der Waals surface area contributed by atoms with Gasteiger partial charge in [-0.05, 0) is 35.8 Å². The number of rotatable bonds is 3. The lowest BCUT2D eigenvalue weighted by atomic mass is 10.1. The van der Waals surface area contributed by atoms with Crippen LogP contribution in [0.15, 0.2) is 16.9 Å². The van der Waals surface area contributed by atoms with Gasteiger partial charge in [-0.1, -0.05) is 0 Å². The van der Waals surface area contributed by atoms with E-state index in [1.165, 1.54) is 0 Å². The molecule has 2 rings (SSSR count). The minimum Gasteiger partial charge on any atom is -0.372 e. The number of fused-ring (bicyclic) bond motifs is 1. The highest BCUT2D eigenvalue weighted by atomic mass is 79.9. The van der Waals surface area contributed by atoms with Crippen molar-refractivity contribution >= 4 is 32.5 Å². The van der Waals surface area contributed by atoms with E-state index >= 15 is 0 Å². The summed E-state index contributed by atoms with van der Waals surface area (Å²) in [7, 11) is 1.88. The molecule has 0 aliphatic rings. The van der Waals surface area contributed by atoms with E-state index in [9.17, 15) is 5.26 Å². The fourth-order valence-corrected chi connectivity index (χ4v) is 2.84. The van der Waals surface area contributed by atoms with Crippen molar-refractivity contribution in [2.75, 3.05) is 18.5 Å². The molecule has 0 amide bonds. The molecule has 0 aliphatic carbocycles. The molecule has 0 bridgehead atoms. The molecule has 21 heavy (non-hydrogen) atoms. The molecule has 0 aliphatic heterocycles.